The second kappa shape index (κ2) is 10.4. The molecule has 192 valence electrons. The van der Waals surface area contributed by atoms with Crippen molar-refractivity contribution in [1.82, 2.24) is 0 Å². The first-order valence-electron chi connectivity index (χ1n) is 12.0. The number of hydrogen-bond acceptors (Lipinski definition) is 6. The second-order valence-corrected chi connectivity index (χ2v) is 9.27. The maximum atomic E-state index is 13.5. The van der Waals surface area contributed by atoms with E-state index in [1.807, 2.05) is 33.8 Å². The smallest absolute Gasteiger partial charge is 0.300 e. The minimum Gasteiger partial charge on any atom is -0.507 e. The number of benzene rings is 3. The summed E-state index contributed by atoms with van der Waals surface area (Å²) in [6.45, 7) is 7.61. The third kappa shape index (κ3) is 4.89. The molecule has 1 atom stereocenters. The molecule has 0 saturated carbocycles. The van der Waals surface area contributed by atoms with Gasteiger partial charge in [0.2, 0.25) is 0 Å². The SMILES string of the molecule is COc1cccc(C2/C(=C(\O)c3cc(C)cc(C)c3OC)C(=O)C(=O)N2c2ccc(OC(C)C)cc2)c1. The van der Waals surface area contributed by atoms with Gasteiger partial charge >= 0.3 is 0 Å². The molecule has 37 heavy (non-hydrogen) atoms. The van der Waals surface area contributed by atoms with E-state index in [4.69, 9.17) is 14.2 Å². The molecular weight excluding hydrogens is 470 g/mol. The first-order valence-corrected chi connectivity index (χ1v) is 12.0. The number of aliphatic hydroxyl groups is 1. The average molecular weight is 502 g/mol. The zero-order valence-corrected chi connectivity index (χ0v) is 21.9. The molecular formula is C30H31NO6. The van der Waals surface area contributed by atoms with Crippen molar-refractivity contribution in [2.45, 2.75) is 39.8 Å². The Balaban J connectivity index is 1.95. The molecule has 1 saturated heterocycles. The number of hydrogen-bond donors (Lipinski definition) is 1. The molecule has 1 aliphatic heterocycles. The van der Waals surface area contributed by atoms with Crippen LogP contribution in [0.2, 0.25) is 0 Å². The normalized spacial score (nSPS) is 16.8. The van der Waals surface area contributed by atoms with Crippen LogP contribution in [0.5, 0.6) is 17.2 Å². The van der Waals surface area contributed by atoms with Gasteiger partial charge in [-0.2, -0.15) is 0 Å². The molecule has 1 unspecified atom stereocenters. The van der Waals surface area contributed by atoms with Crippen molar-refractivity contribution in [2.24, 2.45) is 0 Å². The molecule has 0 bridgehead atoms. The Morgan fingerprint density at radius 1 is 0.919 bits per heavy atom. The van der Waals surface area contributed by atoms with Gasteiger partial charge in [-0.25, -0.2) is 0 Å². The number of aryl methyl sites for hydroxylation is 2. The molecule has 1 N–H and O–H groups in total. The Labute approximate surface area is 216 Å². The molecule has 1 fully saturated rings. The van der Waals surface area contributed by atoms with E-state index in [1.165, 1.54) is 12.0 Å². The number of nitrogens with zero attached hydrogens (tertiary/aromatic N) is 1. The van der Waals surface area contributed by atoms with Gasteiger partial charge in [0.05, 0.1) is 37.5 Å². The van der Waals surface area contributed by atoms with Gasteiger partial charge in [0.1, 0.15) is 23.0 Å². The number of carbonyl (C=O) groups is 2. The summed E-state index contributed by atoms with van der Waals surface area (Å²) in [4.78, 5) is 28.4. The quantitative estimate of drug-likeness (QED) is 0.253. The lowest BCUT2D eigenvalue weighted by Gasteiger charge is -2.26. The number of carbonyl (C=O) groups excluding carboxylic acids is 2. The van der Waals surface area contributed by atoms with Crippen molar-refractivity contribution >= 4 is 23.1 Å². The van der Waals surface area contributed by atoms with E-state index in [0.717, 1.165) is 11.1 Å². The Morgan fingerprint density at radius 2 is 1.62 bits per heavy atom. The minimum atomic E-state index is -0.891. The van der Waals surface area contributed by atoms with Crippen LogP contribution in [0.1, 0.15) is 42.1 Å². The number of Topliss-reactive ketones (excluding diaryl/α,β-unsaturated/α-hetero) is 1. The first kappa shape index (κ1) is 25.8. The van der Waals surface area contributed by atoms with Gasteiger partial charge in [-0.1, -0.05) is 18.2 Å². The number of ketones is 1. The molecule has 0 radical (unpaired) electrons. The third-order valence-corrected chi connectivity index (χ3v) is 6.22. The van der Waals surface area contributed by atoms with Gasteiger partial charge in [-0.15, -0.1) is 0 Å². The predicted molar refractivity (Wildman–Crippen MR) is 142 cm³/mol. The van der Waals surface area contributed by atoms with Crippen LogP contribution < -0.4 is 19.1 Å². The summed E-state index contributed by atoms with van der Waals surface area (Å²) in [5, 5.41) is 11.6. The van der Waals surface area contributed by atoms with Gasteiger partial charge in [0.25, 0.3) is 11.7 Å². The van der Waals surface area contributed by atoms with Crippen LogP contribution in [0.15, 0.2) is 66.2 Å². The molecule has 0 aliphatic carbocycles. The number of methoxy groups -OCH3 is 2. The fraction of sp³-hybridized carbons (Fsp3) is 0.267. The molecule has 4 rings (SSSR count). The van der Waals surface area contributed by atoms with Crippen LogP contribution in [-0.2, 0) is 9.59 Å². The summed E-state index contributed by atoms with van der Waals surface area (Å²) in [5.74, 6) is -0.170. The summed E-state index contributed by atoms with van der Waals surface area (Å²) in [5.41, 5.74) is 3.13. The summed E-state index contributed by atoms with van der Waals surface area (Å²) in [7, 11) is 3.05. The molecule has 7 heteroatoms. The van der Waals surface area contributed by atoms with E-state index in [-0.39, 0.29) is 17.4 Å². The van der Waals surface area contributed by atoms with Gasteiger partial charge in [0, 0.05) is 5.69 Å². The summed E-state index contributed by atoms with van der Waals surface area (Å²) < 4.78 is 16.7. The molecule has 7 nitrogen and oxygen atoms in total. The highest BCUT2D eigenvalue weighted by atomic mass is 16.5. The molecule has 1 heterocycles. The minimum absolute atomic E-state index is 0.00960. The lowest BCUT2D eigenvalue weighted by Crippen LogP contribution is -2.29. The summed E-state index contributed by atoms with van der Waals surface area (Å²) >= 11 is 0. The number of amides is 1. The van der Waals surface area contributed by atoms with E-state index in [2.05, 4.69) is 0 Å². The standard InChI is InChI=1S/C30H31NO6/c1-17(2)37-22-12-10-21(11-13-22)31-26(20-8-7-9-23(16-20)35-5)25(28(33)30(31)34)27(32)24-15-18(3)14-19(4)29(24)36-6/h7-17,26,32H,1-6H3/b27-25+. The summed E-state index contributed by atoms with van der Waals surface area (Å²) in [6.07, 6.45) is -0.00960. The highest BCUT2D eigenvalue weighted by Gasteiger charge is 2.47. The molecule has 1 aliphatic rings. The van der Waals surface area contributed by atoms with Crippen molar-refractivity contribution in [2.75, 3.05) is 19.1 Å². The van der Waals surface area contributed by atoms with E-state index in [0.29, 0.717) is 34.1 Å². The van der Waals surface area contributed by atoms with Crippen LogP contribution in [0.4, 0.5) is 5.69 Å². The number of aliphatic hydroxyl groups excluding tert-OH is 1. The zero-order chi connectivity index (χ0) is 26.9. The summed E-state index contributed by atoms with van der Waals surface area (Å²) in [6, 6.07) is 16.9. The lowest BCUT2D eigenvalue weighted by atomic mass is 9.93. The predicted octanol–water partition coefficient (Wildman–Crippen LogP) is 5.73. The van der Waals surface area contributed by atoms with Crippen molar-refractivity contribution in [3.05, 3.63) is 88.5 Å². The second-order valence-electron chi connectivity index (χ2n) is 9.27. The lowest BCUT2D eigenvalue weighted by molar-refractivity contribution is -0.132. The van der Waals surface area contributed by atoms with Crippen molar-refractivity contribution in [1.29, 1.82) is 0 Å². The van der Waals surface area contributed by atoms with Crippen molar-refractivity contribution < 1.29 is 28.9 Å². The van der Waals surface area contributed by atoms with Crippen molar-refractivity contribution in [3.8, 4) is 17.2 Å². The number of ether oxygens (including phenoxy) is 3. The van der Waals surface area contributed by atoms with E-state index in [1.54, 1.807) is 61.7 Å². The molecule has 0 spiro atoms. The monoisotopic (exact) mass is 501 g/mol. The molecule has 3 aromatic rings. The van der Waals surface area contributed by atoms with Gasteiger partial charge in [-0.05, 0) is 86.8 Å². The van der Waals surface area contributed by atoms with E-state index < -0.39 is 17.7 Å². The Kier molecular flexibility index (Phi) is 7.25. The number of anilines is 1. The maximum absolute atomic E-state index is 13.5. The van der Waals surface area contributed by atoms with E-state index >= 15 is 0 Å². The Morgan fingerprint density at radius 3 is 2.24 bits per heavy atom. The Bertz CT molecular complexity index is 1370. The molecule has 0 aromatic heterocycles. The molecule has 1 amide bonds. The largest absolute Gasteiger partial charge is 0.507 e. The zero-order valence-electron chi connectivity index (χ0n) is 21.9. The van der Waals surface area contributed by atoms with Gasteiger partial charge in [0.15, 0.2) is 0 Å². The van der Waals surface area contributed by atoms with Crippen molar-refractivity contribution in [3.63, 3.8) is 0 Å². The topological polar surface area (TPSA) is 85.3 Å². The maximum Gasteiger partial charge on any atom is 0.300 e. The van der Waals surface area contributed by atoms with Gasteiger partial charge < -0.3 is 19.3 Å². The number of rotatable bonds is 7. The Hall–Kier alpha value is -4.26. The highest BCUT2D eigenvalue weighted by molar-refractivity contribution is 6.51. The van der Waals surface area contributed by atoms with Gasteiger partial charge in [-0.3, -0.25) is 14.5 Å². The van der Waals surface area contributed by atoms with Crippen LogP contribution in [0.3, 0.4) is 0 Å². The van der Waals surface area contributed by atoms with Crippen LogP contribution in [0.25, 0.3) is 5.76 Å². The first-order chi connectivity index (χ1) is 17.7. The third-order valence-electron chi connectivity index (χ3n) is 6.22. The fourth-order valence-electron chi connectivity index (χ4n) is 4.73. The van der Waals surface area contributed by atoms with Crippen LogP contribution in [-0.4, -0.2) is 37.1 Å². The van der Waals surface area contributed by atoms with Crippen LogP contribution in [0, 0.1) is 13.8 Å². The fourth-order valence-corrected chi connectivity index (χ4v) is 4.73. The molecule has 3 aromatic carbocycles. The highest BCUT2D eigenvalue weighted by Crippen LogP contribution is 2.44. The van der Waals surface area contributed by atoms with Crippen LogP contribution >= 0.6 is 0 Å². The van der Waals surface area contributed by atoms with E-state index in [9.17, 15) is 14.7 Å². The average Bonchev–Trinajstić information content (AvgIpc) is 3.13.